The Morgan fingerprint density at radius 2 is 1.52 bits per heavy atom. The van der Waals surface area contributed by atoms with Crippen molar-refractivity contribution in [3.63, 3.8) is 0 Å². The molecule has 48 heavy (non-hydrogen) atoms. The van der Waals surface area contributed by atoms with Gasteiger partial charge in [0.25, 0.3) is 6.20 Å². The zero-order valence-corrected chi connectivity index (χ0v) is 27.1. The maximum absolute atomic E-state index is 13.5. The molecule has 3 rings (SSSR count). The number of benzene rings is 2. The lowest BCUT2D eigenvalue weighted by atomic mass is 9.92. The molecule has 0 fully saturated rings. The molecule has 2 aromatic rings. The smallest absolute Gasteiger partial charge is 0.326 e. The van der Waals surface area contributed by atoms with Crippen molar-refractivity contribution >= 4 is 41.0 Å². The van der Waals surface area contributed by atoms with Crippen LogP contribution in [0.1, 0.15) is 64.1 Å². The monoisotopic (exact) mass is 664 g/mol. The SMILES string of the molecule is CC(=O)N1Cc2cc(NC(=C[N+](=O)[O-])Nc3ccccc3)ccc2C1C(=O)NC(CC=CCC(NC(=O)CC(C)(C)C)C(=O)O)C(=O)O. The van der Waals surface area contributed by atoms with E-state index in [9.17, 15) is 44.3 Å². The van der Waals surface area contributed by atoms with Gasteiger partial charge in [-0.05, 0) is 53.6 Å². The zero-order chi connectivity index (χ0) is 35.6. The second kappa shape index (κ2) is 16.2. The van der Waals surface area contributed by atoms with Crippen molar-refractivity contribution in [2.45, 2.75) is 71.6 Å². The minimum Gasteiger partial charge on any atom is -0.480 e. The number of fused-ring (bicyclic) bond motifs is 1. The number of anilines is 2. The van der Waals surface area contributed by atoms with Crippen LogP contribution < -0.4 is 21.3 Å². The first-order valence-electron chi connectivity index (χ1n) is 15.1. The van der Waals surface area contributed by atoms with Crippen LogP contribution in [0.2, 0.25) is 0 Å². The molecule has 0 aliphatic carbocycles. The summed E-state index contributed by atoms with van der Waals surface area (Å²) in [5, 5.41) is 41.3. The first-order chi connectivity index (χ1) is 22.5. The largest absolute Gasteiger partial charge is 0.480 e. The van der Waals surface area contributed by atoms with Gasteiger partial charge in [0.15, 0.2) is 5.82 Å². The van der Waals surface area contributed by atoms with E-state index in [0.29, 0.717) is 22.5 Å². The van der Waals surface area contributed by atoms with E-state index in [-0.39, 0.29) is 37.0 Å². The van der Waals surface area contributed by atoms with Gasteiger partial charge >= 0.3 is 11.9 Å². The predicted octanol–water partition coefficient (Wildman–Crippen LogP) is 3.60. The van der Waals surface area contributed by atoms with Crippen LogP contribution >= 0.6 is 0 Å². The number of carboxylic acids is 2. The van der Waals surface area contributed by atoms with Crippen molar-refractivity contribution < 1.29 is 39.1 Å². The minimum absolute atomic E-state index is 0.0355. The molecule has 0 aromatic heterocycles. The number of amides is 3. The molecule has 3 amide bonds. The van der Waals surface area contributed by atoms with Crippen LogP contribution in [0.4, 0.5) is 11.4 Å². The maximum atomic E-state index is 13.5. The Labute approximate surface area is 277 Å². The Hall–Kier alpha value is -5.73. The summed E-state index contributed by atoms with van der Waals surface area (Å²) in [6.45, 7) is 6.85. The molecular formula is C33H40N6O9. The standard InChI is InChI=1S/C33H40N6O9/c1-20(40)38-18-21-16-23(35-27(19-39(47)48)34-22-10-6-5-7-11-22)14-15-24(21)29(38)30(42)37-26(32(45)46)13-9-8-12-25(31(43)44)36-28(41)17-33(2,3)4/h5-11,14-16,19,25-26,29,34-35H,12-13,17-18H2,1-4H3,(H,36,41)(H,37,42)(H,43,44)(H,45,46). The Bertz CT molecular complexity index is 1600. The molecule has 1 heterocycles. The van der Waals surface area contributed by atoms with E-state index in [2.05, 4.69) is 21.3 Å². The van der Waals surface area contributed by atoms with Crippen LogP contribution in [0, 0.1) is 15.5 Å². The van der Waals surface area contributed by atoms with E-state index in [1.807, 2.05) is 20.8 Å². The topological polar surface area (TPSA) is 220 Å². The Morgan fingerprint density at radius 3 is 2.06 bits per heavy atom. The van der Waals surface area contributed by atoms with Crippen LogP contribution in [-0.2, 0) is 30.5 Å². The van der Waals surface area contributed by atoms with Gasteiger partial charge in [0.1, 0.15) is 18.1 Å². The highest BCUT2D eigenvalue weighted by Crippen LogP contribution is 2.36. The predicted molar refractivity (Wildman–Crippen MR) is 176 cm³/mol. The molecule has 256 valence electrons. The first kappa shape index (κ1) is 36.7. The maximum Gasteiger partial charge on any atom is 0.326 e. The third-order valence-electron chi connectivity index (χ3n) is 7.16. The highest BCUT2D eigenvalue weighted by Gasteiger charge is 2.38. The molecule has 15 nitrogen and oxygen atoms in total. The molecule has 6 N–H and O–H groups in total. The normalized spacial score (nSPS) is 15.6. The number of carbonyl (C=O) groups is 5. The van der Waals surface area contributed by atoms with Gasteiger partial charge in [-0.3, -0.25) is 24.5 Å². The average Bonchev–Trinajstić information content (AvgIpc) is 3.36. The van der Waals surface area contributed by atoms with Crippen molar-refractivity contribution in [1.82, 2.24) is 15.5 Å². The van der Waals surface area contributed by atoms with Crippen molar-refractivity contribution in [2.24, 2.45) is 5.41 Å². The lowest BCUT2D eigenvalue weighted by Crippen LogP contribution is -2.46. The van der Waals surface area contributed by atoms with Gasteiger partial charge in [0.2, 0.25) is 17.7 Å². The quantitative estimate of drug-likeness (QED) is 0.0917. The summed E-state index contributed by atoms with van der Waals surface area (Å²) < 4.78 is 0. The summed E-state index contributed by atoms with van der Waals surface area (Å²) >= 11 is 0. The fourth-order valence-corrected chi connectivity index (χ4v) is 5.02. The molecule has 0 saturated heterocycles. The molecular weight excluding hydrogens is 624 g/mol. The molecule has 0 spiro atoms. The highest BCUT2D eigenvalue weighted by atomic mass is 16.6. The number of para-hydroxylation sites is 1. The van der Waals surface area contributed by atoms with E-state index >= 15 is 0 Å². The highest BCUT2D eigenvalue weighted by molar-refractivity contribution is 5.92. The number of carbonyl (C=O) groups excluding carboxylic acids is 3. The van der Waals surface area contributed by atoms with Crippen LogP contribution in [0.15, 0.2) is 72.7 Å². The fraction of sp³-hybridized carbons (Fsp3) is 0.364. The van der Waals surface area contributed by atoms with Crippen molar-refractivity contribution in [2.75, 3.05) is 10.6 Å². The van der Waals surface area contributed by atoms with Gasteiger partial charge in [-0.25, -0.2) is 9.59 Å². The lowest BCUT2D eigenvalue weighted by molar-refractivity contribution is -0.403. The van der Waals surface area contributed by atoms with Gasteiger partial charge in [0, 0.05) is 31.3 Å². The Kier molecular flexibility index (Phi) is 12.4. The average molecular weight is 665 g/mol. The van der Waals surface area contributed by atoms with E-state index in [1.165, 1.54) is 24.0 Å². The molecule has 3 unspecified atom stereocenters. The molecule has 2 aromatic carbocycles. The third-order valence-corrected chi connectivity index (χ3v) is 7.16. The van der Waals surface area contributed by atoms with Crippen molar-refractivity contribution in [3.05, 3.63) is 93.9 Å². The second-order valence-corrected chi connectivity index (χ2v) is 12.4. The molecule has 0 radical (unpaired) electrons. The number of nitrogens with one attached hydrogen (secondary N) is 4. The van der Waals surface area contributed by atoms with E-state index in [1.54, 1.807) is 48.5 Å². The number of hydrogen-bond donors (Lipinski definition) is 6. The third kappa shape index (κ3) is 11.0. The van der Waals surface area contributed by atoms with Crippen LogP contribution in [0.25, 0.3) is 0 Å². The number of hydrogen-bond acceptors (Lipinski definition) is 9. The Balaban J connectivity index is 1.72. The first-order valence-corrected chi connectivity index (χ1v) is 15.1. The van der Waals surface area contributed by atoms with Crippen molar-refractivity contribution in [1.29, 1.82) is 0 Å². The number of aliphatic carboxylic acids is 2. The Morgan fingerprint density at radius 1 is 0.938 bits per heavy atom. The van der Waals surface area contributed by atoms with Crippen LogP contribution in [-0.4, -0.2) is 61.8 Å². The number of rotatable bonds is 15. The number of nitro groups is 1. The van der Waals surface area contributed by atoms with Gasteiger partial charge in [0.05, 0.1) is 4.92 Å². The minimum atomic E-state index is -1.40. The van der Waals surface area contributed by atoms with E-state index < -0.39 is 52.7 Å². The summed E-state index contributed by atoms with van der Waals surface area (Å²) in [4.78, 5) is 73.8. The van der Waals surface area contributed by atoms with Crippen LogP contribution in [0.3, 0.4) is 0 Å². The van der Waals surface area contributed by atoms with E-state index in [4.69, 9.17) is 0 Å². The summed E-state index contributed by atoms with van der Waals surface area (Å²) in [5.74, 6) is -4.11. The molecule has 1 aliphatic heterocycles. The number of carboxylic acid groups (broad SMARTS) is 2. The molecule has 15 heteroatoms. The summed E-state index contributed by atoms with van der Waals surface area (Å²) in [6.07, 6.45) is 3.44. The summed E-state index contributed by atoms with van der Waals surface area (Å²) in [5.41, 5.74) is 1.74. The van der Waals surface area contributed by atoms with Gasteiger partial charge in [-0.1, -0.05) is 57.2 Å². The van der Waals surface area contributed by atoms with Gasteiger partial charge in [-0.2, -0.15) is 0 Å². The lowest BCUT2D eigenvalue weighted by Gasteiger charge is -2.24. The van der Waals surface area contributed by atoms with Crippen LogP contribution in [0.5, 0.6) is 0 Å². The number of nitrogens with zero attached hydrogens (tertiary/aromatic N) is 2. The molecule has 3 atom stereocenters. The molecule has 1 aliphatic rings. The van der Waals surface area contributed by atoms with Crippen molar-refractivity contribution in [3.8, 4) is 0 Å². The second-order valence-electron chi connectivity index (χ2n) is 12.4. The van der Waals surface area contributed by atoms with Gasteiger partial charge < -0.3 is 36.4 Å². The zero-order valence-electron chi connectivity index (χ0n) is 27.1. The van der Waals surface area contributed by atoms with Gasteiger partial charge in [-0.15, -0.1) is 0 Å². The fourth-order valence-electron chi connectivity index (χ4n) is 5.02. The molecule has 0 bridgehead atoms. The summed E-state index contributed by atoms with van der Waals surface area (Å²) in [7, 11) is 0. The summed E-state index contributed by atoms with van der Waals surface area (Å²) in [6, 6.07) is 9.86. The van der Waals surface area contributed by atoms with E-state index in [0.717, 1.165) is 6.20 Å². The molecule has 0 saturated carbocycles.